The maximum Gasteiger partial charge on any atom is 0.324 e. The molecule has 1 aliphatic carbocycles. The summed E-state index contributed by atoms with van der Waals surface area (Å²) < 4.78 is 6.00. The van der Waals surface area contributed by atoms with Crippen LogP contribution in [0.25, 0.3) is 10.8 Å². The van der Waals surface area contributed by atoms with E-state index in [0.717, 1.165) is 28.0 Å². The molecule has 126 valence electrons. The monoisotopic (exact) mass is 333 g/mol. The van der Waals surface area contributed by atoms with Gasteiger partial charge in [0.2, 0.25) is 0 Å². The highest BCUT2D eigenvalue weighted by Crippen LogP contribution is 2.32. The summed E-state index contributed by atoms with van der Waals surface area (Å²) in [5, 5.41) is 11.6. The van der Waals surface area contributed by atoms with E-state index in [1.165, 1.54) is 5.39 Å². The molecule has 4 nitrogen and oxygen atoms in total. The van der Waals surface area contributed by atoms with Gasteiger partial charge in [0.25, 0.3) is 0 Å². The highest BCUT2D eigenvalue weighted by atomic mass is 16.5. The molecule has 0 saturated heterocycles. The van der Waals surface area contributed by atoms with Crippen LogP contribution in [0.1, 0.15) is 17.5 Å². The molecule has 1 unspecified atom stereocenters. The van der Waals surface area contributed by atoms with E-state index in [4.69, 9.17) is 10.5 Å². The number of hydrogen-bond donors (Lipinski definition) is 2. The van der Waals surface area contributed by atoms with E-state index >= 15 is 0 Å². The van der Waals surface area contributed by atoms with Gasteiger partial charge in [-0.05, 0) is 59.0 Å². The maximum absolute atomic E-state index is 11.4. The highest BCUT2D eigenvalue weighted by molar-refractivity contribution is 5.83. The van der Waals surface area contributed by atoms with Gasteiger partial charge in [0.05, 0.1) is 0 Å². The molecule has 3 N–H and O–H groups in total. The minimum atomic E-state index is -1.16. The minimum Gasteiger partial charge on any atom is -0.480 e. The maximum atomic E-state index is 11.4. The van der Waals surface area contributed by atoms with Crippen molar-refractivity contribution < 1.29 is 14.6 Å². The number of aryl methyl sites for hydroxylation is 1. The summed E-state index contributed by atoms with van der Waals surface area (Å²) >= 11 is 0. The first-order chi connectivity index (χ1) is 12.0. The molecule has 0 spiro atoms. The molecule has 3 aromatic rings. The van der Waals surface area contributed by atoms with Crippen LogP contribution in [-0.2, 0) is 17.6 Å². The summed E-state index contributed by atoms with van der Waals surface area (Å²) in [6.07, 6.45) is 1.44. The van der Waals surface area contributed by atoms with E-state index in [0.29, 0.717) is 19.3 Å². The summed E-state index contributed by atoms with van der Waals surface area (Å²) in [6.45, 7) is 0. The Bertz CT molecular complexity index is 966. The fourth-order valence-electron chi connectivity index (χ4n) is 3.41. The molecule has 4 heteroatoms. The van der Waals surface area contributed by atoms with Gasteiger partial charge < -0.3 is 15.6 Å². The van der Waals surface area contributed by atoms with Crippen molar-refractivity contribution >= 4 is 16.7 Å². The molecule has 4 rings (SSSR count). The zero-order valence-electron chi connectivity index (χ0n) is 13.7. The van der Waals surface area contributed by atoms with Crippen molar-refractivity contribution in [1.82, 2.24) is 0 Å². The standard InChI is InChI=1S/C21H19NO3/c22-21(20(23)24)10-9-16-12-19(8-6-17(16)13-21)25-18-7-5-14-3-1-2-4-15(14)11-18/h1-8,11-12H,9-10,13,22H2,(H,23,24). The Labute approximate surface area is 145 Å². The lowest BCUT2D eigenvalue weighted by Gasteiger charge is -2.30. The van der Waals surface area contributed by atoms with Crippen LogP contribution in [0.5, 0.6) is 11.5 Å². The van der Waals surface area contributed by atoms with Gasteiger partial charge in [-0.2, -0.15) is 0 Å². The minimum absolute atomic E-state index is 0.355. The van der Waals surface area contributed by atoms with E-state index in [9.17, 15) is 9.90 Å². The van der Waals surface area contributed by atoms with Crippen LogP contribution in [0, 0.1) is 0 Å². The van der Waals surface area contributed by atoms with Crippen LogP contribution in [0.3, 0.4) is 0 Å². The Balaban J connectivity index is 1.59. The van der Waals surface area contributed by atoms with Gasteiger partial charge in [-0.1, -0.05) is 36.4 Å². The third kappa shape index (κ3) is 2.96. The van der Waals surface area contributed by atoms with Gasteiger partial charge in [-0.25, -0.2) is 0 Å². The van der Waals surface area contributed by atoms with Crippen LogP contribution in [0.15, 0.2) is 60.7 Å². The molecule has 0 aliphatic heterocycles. The SMILES string of the molecule is NC1(C(=O)O)CCc2cc(Oc3ccc4ccccc4c3)ccc2C1. The summed E-state index contributed by atoms with van der Waals surface area (Å²) in [4.78, 5) is 11.4. The zero-order chi connectivity index (χ0) is 17.4. The first-order valence-corrected chi connectivity index (χ1v) is 8.34. The quantitative estimate of drug-likeness (QED) is 0.762. The molecule has 0 saturated carbocycles. The molecule has 0 radical (unpaired) electrons. The van der Waals surface area contributed by atoms with Crippen molar-refractivity contribution in [3.05, 3.63) is 71.8 Å². The summed E-state index contributed by atoms with van der Waals surface area (Å²) in [5.74, 6) is 0.608. The average Bonchev–Trinajstić information content (AvgIpc) is 2.62. The van der Waals surface area contributed by atoms with Crippen LogP contribution >= 0.6 is 0 Å². The highest BCUT2D eigenvalue weighted by Gasteiger charge is 2.37. The molecule has 25 heavy (non-hydrogen) atoms. The normalized spacial score (nSPS) is 19.4. The lowest BCUT2D eigenvalue weighted by Crippen LogP contribution is -2.52. The van der Waals surface area contributed by atoms with Gasteiger partial charge in [-0.15, -0.1) is 0 Å². The number of ether oxygens (including phenoxy) is 1. The van der Waals surface area contributed by atoms with Gasteiger partial charge in [0.15, 0.2) is 0 Å². The zero-order valence-corrected chi connectivity index (χ0v) is 13.7. The van der Waals surface area contributed by atoms with Gasteiger partial charge in [0, 0.05) is 6.42 Å². The van der Waals surface area contributed by atoms with Crippen molar-refractivity contribution in [1.29, 1.82) is 0 Å². The number of hydrogen-bond acceptors (Lipinski definition) is 3. The molecule has 1 aliphatic rings. The van der Waals surface area contributed by atoms with Crippen molar-refractivity contribution in [3.63, 3.8) is 0 Å². The van der Waals surface area contributed by atoms with E-state index < -0.39 is 11.5 Å². The Kier molecular flexibility index (Phi) is 3.70. The average molecular weight is 333 g/mol. The Hall–Kier alpha value is -2.85. The number of carboxylic acids is 1. The number of rotatable bonds is 3. The van der Waals surface area contributed by atoms with E-state index in [1.807, 2.05) is 48.5 Å². The third-order valence-electron chi connectivity index (χ3n) is 4.91. The fourth-order valence-corrected chi connectivity index (χ4v) is 3.41. The molecular weight excluding hydrogens is 314 g/mol. The van der Waals surface area contributed by atoms with Crippen molar-refractivity contribution in [2.24, 2.45) is 5.73 Å². The van der Waals surface area contributed by atoms with Crippen molar-refractivity contribution in [2.45, 2.75) is 24.8 Å². The van der Waals surface area contributed by atoms with Gasteiger partial charge in [0.1, 0.15) is 17.0 Å². The Morgan fingerprint density at radius 2 is 1.68 bits per heavy atom. The number of aliphatic carboxylic acids is 1. The van der Waals surface area contributed by atoms with Gasteiger partial charge in [-0.3, -0.25) is 4.79 Å². The molecular formula is C21H19NO3. The Morgan fingerprint density at radius 1 is 0.960 bits per heavy atom. The number of nitrogens with two attached hydrogens (primary N) is 1. The molecule has 0 amide bonds. The van der Waals surface area contributed by atoms with Crippen LogP contribution in [0.4, 0.5) is 0 Å². The van der Waals surface area contributed by atoms with E-state index in [-0.39, 0.29) is 0 Å². The largest absolute Gasteiger partial charge is 0.480 e. The fraction of sp³-hybridized carbons (Fsp3) is 0.190. The van der Waals surface area contributed by atoms with Crippen molar-refractivity contribution in [3.8, 4) is 11.5 Å². The molecule has 0 bridgehead atoms. The molecule has 0 fully saturated rings. The van der Waals surface area contributed by atoms with Crippen LogP contribution in [0.2, 0.25) is 0 Å². The summed E-state index contributed by atoms with van der Waals surface area (Å²) in [5.41, 5.74) is 6.94. The van der Waals surface area contributed by atoms with E-state index in [1.54, 1.807) is 0 Å². The number of carboxylic acid groups (broad SMARTS) is 1. The Morgan fingerprint density at radius 3 is 2.48 bits per heavy atom. The molecule has 0 aromatic heterocycles. The van der Waals surface area contributed by atoms with Crippen molar-refractivity contribution in [2.75, 3.05) is 0 Å². The second-order valence-electron chi connectivity index (χ2n) is 6.68. The third-order valence-corrected chi connectivity index (χ3v) is 4.91. The van der Waals surface area contributed by atoms with Crippen LogP contribution in [-0.4, -0.2) is 16.6 Å². The molecule has 0 heterocycles. The first kappa shape index (κ1) is 15.7. The second-order valence-corrected chi connectivity index (χ2v) is 6.68. The topological polar surface area (TPSA) is 72.6 Å². The lowest BCUT2D eigenvalue weighted by atomic mass is 9.78. The predicted molar refractivity (Wildman–Crippen MR) is 97.0 cm³/mol. The first-order valence-electron chi connectivity index (χ1n) is 8.34. The smallest absolute Gasteiger partial charge is 0.324 e. The van der Waals surface area contributed by atoms with Gasteiger partial charge >= 0.3 is 5.97 Å². The van der Waals surface area contributed by atoms with Crippen LogP contribution < -0.4 is 10.5 Å². The number of carbonyl (C=O) groups is 1. The molecule has 3 aromatic carbocycles. The summed E-state index contributed by atoms with van der Waals surface area (Å²) in [7, 11) is 0. The predicted octanol–water partition coefficient (Wildman–Crippen LogP) is 3.90. The second kappa shape index (κ2) is 5.90. The number of benzene rings is 3. The summed E-state index contributed by atoms with van der Waals surface area (Å²) in [6, 6.07) is 20.0. The number of fused-ring (bicyclic) bond motifs is 2. The van der Waals surface area contributed by atoms with E-state index in [2.05, 4.69) is 12.1 Å². The lowest BCUT2D eigenvalue weighted by molar-refractivity contribution is -0.143. The molecule has 1 atom stereocenters.